The van der Waals surface area contributed by atoms with Gasteiger partial charge in [0, 0.05) is 11.3 Å². The number of hydrogen-bond donors (Lipinski definition) is 3. The molecule has 0 aliphatic heterocycles. The lowest BCUT2D eigenvalue weighted by Gasteiger charge is -2.09. The van der Waals surface area contributed by atoms with Gasteiger partial charge in [-0.25, -0.2) is 14.3 Å². The van der Waals surface area contributed by atoms with E-state index < -0.39 is 15.9 Å². The molecule has 0 heterocycles. The molecule has 2 rings (SSSR count). The predicted octanol–water partition coefficient (Wildman–Crippen LogP) is 1.40. The molecule has 2 aromatic carbocycles. The summed E-state index contributed by atoms with van der Waals surface area (Å²) in [5.74, 6) is 4.49. The molecule has 0 atom stereocenters. The zero-order chi connectivity index (χ0) is 15.5. The summed E-state index contributed by atoms with van der Waals surface area (Å²) in [6.07, 6.45) is 0. The van der Waals surface area contributed by atoms with E-state index in [-0.39, 0.29) is 10.5 Å². The Morgan fingerprint density at radius 3 is 2.48 bits per heavy atom. The molecule has 6 nitrogen and oxygen atoms in total. The van der Waals surface area contributed by atoms with E-state index in [1.165, 1.54) is 24.3 Å². The lowest BCUT2D eigenvalue weighted by atomic mass is 10.2. The highest BCUT2D eigenvalue weighted by molar-refractivity contribution is 7.92. The molecule has 0 radical (unpaired) electrons. The maximum Gasteiger partial charge on any atom is 0.265 e. The lowest BCUT2D eigenvalue weighted by molar-refractivity contribution is 0.0953. The van der Waals surface area contributed by atoms with Crippen molar-refractivity contribution >= 4 is 21.6 Å². The average Bonchev–Trinajstić information content (AvgIpc) is 2.46. The van der Waals surface area contributed by atoms with Crippen LogP contribution < -0.4 is 16.0 Å². The number of nitrogen functional groups attached to an aromatic ring is 1. The minimum atomic E-state index is -3.77. The van der Waals surface area contributed by atoms with Crippen molar-refractivity contribution in [2.45, 2.75) is 11.8 Å². The van der Waals surface area contributed by atoms with Crippen LogP contribution in [0.1, 0.15) is 15.9 Å². The van der Waals surface area contributed by atoms with E-state index in [9.17, 15) is 13.2 Å². The molecule has 0 unspecified atom stereocenters. The molecule has 4 N–H and O–H groups in total. The molecule has 0 aromatic heterocycles. The van der Waals surface area contributed by atoms with Crippen molar-refractivity contribution in [3.8, 4) is 0 Å². The first-order chi connectivity index (χ1) is 9.92. The van der Waals surface area contributed by atoms with E-state index in [1.807, 2.05) is 18.4 Å². The normalized spacial score (nSPS) is 11.0. The SMILES string of the molecule is Cc1cccc(NS(=O)(=O)c2cccc(C(=O)NN)c2)c1. The molecule has 0 spiro atoms. The summed E-state index contributed by atoms with van der Waals surface area (Å²) in [5, 5.41) is 0. The Morgan fingerprint density at radius 1 is 1.10 bits per heavy atom. The molecule has 1 amide bonds. The van der Waals surface area contributed by atoms with Crippen LogP contribution in [-0.2, 0) is 10.0 Å². The molecule has 0 fully saturated rings. The maximum atomic E-state index is 12.3. The van der Waals surface area contributed by atoms with Gasteiger partial charge in [0.05, 0.1) is 4.90 Å². The van der Waals surface area contributed by atoms with Gasteiger partial charge in [-0.2, -0.15) is 0 Å². The van der Waals surface area contributed by atoms with Crippen molar-refractivity contribution in [3.63, 3.8) is 0 Å². The molecule has 21 heavy (non-hydrogen) atoms. The van der Waals surface area contributed by atoms with Gasteiger partial charge in [-0.15, -0.1) is 0 Å². The van der Waals surface area contributed by atoms with Gasteiger partial charge < -0.3 is 0 Å². The summed E-state index contributed by atoms with van der Waals surface area (Å²) >= 11 is 0. The summed E-state index contributed by atoms with van der Waals surface area (Å²) in [6, 6.07) is 12.6. The zero-order valence-electron chi connectivity index (χ0n) is 11.3. The van der Waals surface area contributed by atoms with Crippen LogP contribution in [-0.4, -0.2) is 14.3 Å². The average molecular weight is 305 g/mol. The number of hydrazine groups is 1. The smallest absolute Gasteiger partial charge is 0.265 e. The van der Waals surface area contributed by atoms with Crippen LogP contribution >= 0.6 is 0 Å². The van der Waals surface area contributed by atoms with E-state index in [1.54, 1.807) is 18.2 Å². The maximum absolute atomic E-state index is 12.3. The van der Waals surface area contributed by atoms with Crippen LogP contribution in [0.2, 0.25) is 0 Å². The summed E-state index contributed by atoms with van der Waals surface area (Å²) in [7, 11) is -3.77. The minimum absolute atomic E-state index is 0.00916. The van der Waals surface area contributed by atoms with Crippen molar-refractivity contribution in [3.05, 3.63) is 59.7 Å². The Hall–Kier alpha value is -2.38. The van der Waals surface area contributed by atoms with Gasteiger partial charge >= 0.3 is 0 Å². The number of rotatable bonds is 4. The Morgan fingerprint density at radius 2 is 1.81 bits per heavy atom. The fourth-order valence-corrected chi connectivity index (χ4v) is 2.91. The van der Waals surface area contributed by atoms with E-state index in [4.69, 9.17) is 5.84 Å². The second kappa shape index (κ2) is 5.94. The van der Waals surface area contributed by atoms with Gasteiger partial charge in [0.2, 0.25) is 0 Å². The summed E-state index contributed by atoms with van der Waals surface area (Å²) in [4.78, 5) is 11.4. The van der Waals surface area contributed by atoms with E-state index >= 15 is 0 Å². The van der Waals surface area contributed by atoms with Crippen LogP contribution in [0.15, 0.2) is 53.4 Å². The molecule has 0 aliphatic carbocycles. The fourth-order valence-electron chi connectivity index (χ4n) is 1.81. The summed E-state index contributed by atoms with van der Waals surface area (Å²) in [5.41, 5.74) is 3.53. The predicted molar refractivity (Wildman–Crippen MR) is 80.1 cm³/mol. The van der Waals surface area contributed by atoms with Crippen molar-refractivity contribution in [1.29, 1.82) is 0 Å². The number of carbonyl (C=O) groups is 1. The topological polar surface area (TPSA) is 101 Å². The number of nitrogens with two attached hydrogens (primary N) is 1. The Balaban J connectivity index is 2.33. The molecule has 7 heteroatoms. The monoisotopic (exact) mass is 305 g/mol. The molecule has 110 valence electrons. The van der Waals surface area contributed by atoms with Crippen molar-refractivity contribution < 1.29 is 13.2 Å². The van der Waals surface area contributed by atoms with Crippen molar-refractivity contribution in [2.75, 3.05) is 4.72 Å². The van der Waals surface area contributed by atoms with Gasteiger partial charge in [0.1, 0.15) is 0 Å². The first kappa shape index (κ1) is 15.0. The Kier molecular flexibility index (Phi) is 4.25. The van der Waals surface area contributed by atoms with Crippen LogP contribution in [0.25, 0.3) is 0 Å². The molecule has 0 saturated carbocycles. The largest absolute Gasteiger partial charge is 0.290 e. The number of hydrogen-bond acceptors (Lipinski definition) is 4. The minimum Gasteiger partial charge on any atom is -0.290 e. The van der Waals surface area contributed by atoms with E-state index in [0.29, 0.717) is 5.69 Å². The molecule has 0 bridgehead atoms. The molecular formula is C14H15N3O3S. The van der Waals surface area contributed by atoms with Gasteiger partial charge in [-0.05, 0) is 42.8 Å². The van der Waals surface area contributed by atoms with Gasteiger partial charge in [-0.1, -0.05) is 18.2 Å². The number of amides is 1. The quantitative estimate of drug-likeness (QED) is 0.451. The van der Waals surface area contributed by atoms with Crippen LogP contribution in [0.4, 0.5) is 5.69 Å². The molecule has 0 aliphatic rings. The van der Waals surface area contributed by atoms with E-state index in [2.05, 4.69) is 4.72 Å². The number of nitrogens with one attached hydrogen (secondary N) is 2. The second-order valence-corrected chi connectivity index (χ2v) is 6.16. The third kappa shape index (κ3) is 3.59. The highest BCUT2D eigenvalue weighted by Gasteiger charge is 2.16. The highest BCUT2D eigenvalue weighted by atomic mass is 32.2. The summed E-state index contributed by atoms with van der Waals surface area (Å²) < 4.78 is 27.1. The van der Waals surface area contributed by atoms with Crippen LogP contribution in [0.5, 0.6) is 0 Å². The standard InChI is InChI=1S/C14H15N3O3S/c1-10-4-2-6-12(8-10)17-21(19,20)13-7-3-5-11(9-13)14(18)16-15/h2-9,17H,15H2,1H3,(H,16,18). The number of carbonyl (C=O) groups excluding carboxylic acids is 1. The lowest BCUT2D eigenvalue weighted by Crippen LogP contribution is -2.30. The Bertz CT molecular complexity index is 773. The molecular weight excluding hydrogens is 290 g/mol. The number of sulfonamides is 1. The third-order valence-electron chi connectivity index (χ3n) is 2.81. The fraction of sp³-hybridized carbons (Fsp3) is 0.0714. The molecule has 0 saturated heterocycles. The van der Waals surface area contributed by atoms with Crippen molar-refractivity contribution in [1.82, 2.24) is 5.43 Å². The first-order valence-electron chi connectivity index (χ1n) is 6.13. The van der Waals surface area contributed by atoms with Gasteiger partial charge in [0.15, 0.2) is 0 Å². The number of anilines is 1. The third-order valence-corrected chi connectivity index (χ3v) is 4.19. The Labute approximate surface area is 123 Å². The second-order valence-electron chi connectivity index (χ2n) is 4.48. The van der Waals surface area contributed by atoms with Gasteiger partial charge in [-0.3, -0.25) is 14.9 Å². The first-order valence-corrected chi connectivity index (χ1v) is 7.61. The molecule has 2 aromatic rings. The number of aryl methyl sites for hydroxylation is 1. The van der Waals surface area contributed by atoms with Crippen LogP contribution in [0.3, 0.4) is 0 Å². The highest BCUT2D eigenvalue weighted by Crippen LogP contribution is 2.18. The van der Waals surface area contributed by atoms with Crippen LogP contribution in [0, 0.1) is 6.92 Å². The van der Waals surface area contributed by atoms with E-state index in [0.717, 1.165) is 5.56 Å². The zero-order valence-corrected chi connectivity index (χ0v) is 12.1. The summed E-state index contributed by atoms with van der Waals surface area (Å²) in [6.45, 7) is 1.87. The number of benzene rings is 2. The van der Waals surface area contributed by atoms with Crippen molar-refractivity contribution in [2.24, 2.45) is 5.84 Å². The van der Waals surface area contributed by atoms with Gasteiger partial charge in [0.25, 0.3) is 15.9 Å².